The Morgan fingerprint density at radius 1 is 0.933 bits per heavy atom. The Morgan fingerprint density at radius 3 is 2.43 bits per heavy atom. The number of fused-ring (bicyclic) bond motifs is 2. The third-order valence-corrected chi connectivity index (χ3v) is 5.59. The molecule has 0 unspecified atom stereocenters. The minimum Gasteiger partial charge on any atom is -0.440 e. The molecule has 0 aliphatic heterocycles. The van der Waals surface area contributed by atoms with Gasteiger partial charge in [-0.3, -0.25) is 9.36 Å². The molecule has 0 saturated carbocycles. The van der Waals surface area contributed by atoms with Crippen molar-refractivity contribution in [3.05, 3.63) is 94.6 Å². The quantitative estimate of drug-likeness (QED) is 0.316. The van der Waals surface area contributed by atoms with Crippen LogP contribution in [-0.4, -0.2) is 14.5 Å². The van der Waals surface area contributed by atoms with E-state index in [0.29, 0.717) is 39.0 Å². The Morgan fingerprint density at radius 2 is 1.67 bits per heavy atom. The van der Waals surface area contributed by atoms with Gasteiger partial charge in [-0.1, -0.05) is 36.0 Å². The predicted octanol–water partition coefficient (Wildman–Crippen LogP) is 4.69. The molecule has 2 heterocycles. The average Bonchev–Trinajstić information content (AvgIpc) is 3.21. The van der Waals surface area contributed by atoms with Gasteiger partial charge in [-0.15, -0.1) is 0 Å². The highest BCUT2D eigenvalue weighted by Crippen LogP contribution is 2.26. The molecule has 5 aromatic rings. The van der Waals surface area contributed by atoms with E-state index in [1.807, 2.05) is 42.5 Å². The van der Waals surface area contributed by atoms with Gasteiger partial charge < -0.3 is 4.42 Å². The molecule has 144 valence electrons. The van der Waals surface area contributed by atoms with Crippen LogP contribution in [0, 0.1) is 11.3 Å². The molecule has 0 saturated heterocycles. The molecule has 6 nitrogen and oxygen atoms in total. The van der Waals surface area contributed by atoms with E-state index >= 15 is 0 Å². The van der Waals surface area contributed by atoms with Crippen molar-refractivity contribution >= 4 is 33.8 Å². The zero-order valence-corrected chi connectivity index (χ0v) is 16.5. The van der Waals surface area contributed by atoms with Gasteiger partial charge in [-0.25, -0.2) is 9.97 Å². The molecule has 0 radical (unpaired) electrons. The topological polar surface area (TPSA) is 84.7 Å². The molecule has 5 rings (SSSR count). The molecule has 0 aliphatic rings. The van der Waals surface area contributed by atoms with Crippen molar-refractivity contribution < 1.29 is 4.42 Å². The van der Waals surface area contributed by atoms with Gasteiger partial charge in [0.05, 0.1) is 34.0 Å². The van der Waals surface area contributed by atoms with Crippen LogP contribution in [0.25, 0.3) is 27.7 Å². The van der Waals surface area contributed by atoms with E-state index < -0.39 is 0 Å². The summed E-state index contributed by atoms with van der Waals surface area (Å²) in [7, 11) is 0. The standard InChI is InChI=1S/C23H14N4O2S/c24-13-15-9-11-16(12-10-15)27-22(28)17-5-1-2-6-18(17)26-23(27)30-14-21-25-19-7-3-4-8-20(19)29-21/h1-12H,14H2. The number of aromatic nitrogens is 3. The zero-order chi connectivity index (χ0) is 20.5. The number of nitriles is 1. The largest absolute Gasteiger partial charge is 0.440 e. The summed E-state index contributed by atoms with van der Waals surface area (Å²) >= 11 is 1.38. The van der Waals surface area contributed by atoms with Gasteiger partial charge in [0.25, 0.3) is 5.56 Å². The lowest BCUT2D eigenvalue weighted by atomic mass is 10.2. The van der Waals surface area contributed by atoms with Crippen LogP contribution in [0.4, 0.5) is 0 Å². The van der Waals surface area contributed by atoms with Gasteiger partial charge in [0.1, 0.15) is 5.52 Å². The molecule has 30 heavy (non-hydrogen) atoms. The summed E-state index contributed by atoms with van der Waals surface area (Å²) in [5, 5.41) is 10.1. The first kappa shape index (κ1) is 18.2. The summed E-state index contributed by atoms with van der Waals surface area (Å²) in [5.41, 5.74) is 3.17. The molecule has 0 N–H and O–H groups in total. The SMILES string of the molecule is N#Cc1ccc(-n2c(SCc3nc4ccccc4o3)nc3ccccc3c2=O)cc1. The van der Waals surface area contributed by atoms with Gasteiger partial charge in [0.2, 0.25) is 5.89 Å². The molecule has 0 aliphatic carbocycles. The first-order chi connectivity index (χ1) is 14.7. The molecular weight excluding hydrogens is 396 g/mol. The van der Waals surface area contributed by atoms with Crippen molar-refractivity contribution in [3.8, 4) is 11.8 Å². The number of oxazole rings is 1. The van der Waals surface area contributed by atoms with E-state index in [0.717, 1.165) is 11.1 Å². The molecule has 3 aromatic carbocycles. The molecule has 2 aromatic heterocycles. The highest BCUT2D eigenvalue weighted by atomic mass is 32.2. The summed E-state index contributed by atoms with van der Waals surface area (Å²) in [6.45, 7) is 0. The van der Waals surface area contributed by atoms with Crippen LogP contribution in [-0.2, 0) is 5.75 Å². The molecule has 0 spiro atoms. The maximum atomic E-state index is 13.3. The normalized spacial score (nSPS) is 11.0. The smallest absolute Gasteiger partial charge is 0.266 e. The van der Waals surface area contributed by atoms with E-state index in [9.17, 15) is 4.79 Å². The molecular formula is C23H14N4O2S. The van der Waals surface area contributed by atoms with Crippen molar-refractivity contribution in [2.45, 2.75) is 10.9 Å². The second-order valence-electron chi connectivity index (χ2n) is 6.57. The van der Waals surface area contributed by atoms with E-state index in [-0.39, 0.29) is 5.56 Å². The number of nitrogens with zero attached hydrogens (tertiary/aromatic N) is 4. The zero-order valence-electron chi connectivity index (χ0n) is 15.6. The highest BCUT2D eigenvalue weighted by molar-refractivity contribution is 7.98. The van der Waals surface area contributed by atoms with E-state index in [2.05, 4.69) is 11.1 Å². The first-order valence-electron chi connectivity index (χ1n) is 9.22. The van der Waals surface area contributed by atoms with Gasteiger partial charge in [0.15, 0.2) is 10.7 Å². The van der Waals surface area contributed by atoms with Gasteiger partial charge >= 0.3 is 0 Å². The Labute approximate surface area is 175 Å². The summed E-state index contributed by atoms with van der Waals surface area (Å²) in [6.07, 6.45) is 0. The lowest BCUT2D eigenvalue weighted by molar-refractivity contribution is 0.556. The average molecular weight is 410 g/mol. The van der Waals surface area contributed by atoms with Crippen LogP contribution < -0.4 is 5.56 Å². The lowest BCUT2D eigenvalue weighted by Gasteiger charge is -2.12. The molecule has 0 atom stereocenters. The molecule has 0 fully saturated rings. The summed E-state index contributed by atoms with van der Waals surface area (Å²) < 4.78 is 7.37. The summed E-state index contributed by atoms with van der Waals surface area (Å²) in [4.78, 5) is 22.5. The van der Waals surface area contributed by atoms with Crippen molar-refractivity contribution in [2.75, 3.05) is 0 Å². The maximum Gasteiger partial charge on any atom is 0.266 e. The van der Waals surface area contributed by atoms with E-state index in [4.69, 9.17) is 14.7 Å². The van der Waals surface area contributed by atoms with Crippen LogP contribution >= 0.6 is 11.8 Å². The highest BCUT2D eigenvalue weighted by Gasteiger charge is 2.15. The summed E-state index contributed by atoms with van der Waals surface area (Å²) in [6, 6.07) is 23.8. The minimum absolute atomic E-state index is 0.162. The number of hydrogen-bond donors (Lipinski definition) is 0. The second kappa shape index (κ2) is 7.50. The fourth-order valence-corrected chi connectivity index (χ4v) is 4.09. The Kier molecular flexibility index (Phi) is 4.54. The molecule has 7 heteroatoms. The molecule has 0 bridgehead atoms. The summed E-state index contributed by atoms with van der Waals surface area (Å²) in [5.74, 6) is 0.991. The fraction of sp³-hybridized carbons (Fsp3) is 0.0435. The van der Waals surface area contributed by atoms with E-state index in [1.54, 1.807) is 34.9 Å². The van der Waals surface area contributed by atoms with E-state index in [1.165, 1.54) is 11.8 Å². The first-order valence-corrected chi connectivity index (χ1v) is 10.2. The van der Waals surface area contributed by atoms with Crippen LogP contribution in [0.15, 0.2) is 87.2 Å². The van der Waals surface area contributed by atoms with Gasteiger partial charge in [-0.05, 0) is 48.5 Å². The van der Waals surface area contributed by atoms with Crippen molar-refractivity contribution in [1.82, 2.24) is 14.5 Å². The number of thioether (sulfide) groups is 1. The Bertz CT molecular complexity index is 1450. The number of benzene rings is 3. The van der Waals surface area contributed by atoms with Crippen LogP contribution in [0.1, 0.15) is 11.5 Å². The predicted molar refractivity (Wildman–Crippen MR) is 116 cm³/mol. The van der Waals surface area contributed by atoms with Crippen LogP contribution in [0.5, 0.6) is 0 Å². The van der Waals surface area contributed by atoms with Crippen LogP contribution in [0.2, 0.25) is 0 Å². The van der Waals surface area contributed by atoms with Gasteiger partial charge in [0, 0.05) is 0 Å². The number of hydrogen-bond acceptors (Lipinski definition) is 6. The van der Waals surface area contributed by atoms with Crippen molar-refractivity contribution in [3.63, 3.8) is 0 Å². The third-order valence-electron chi connectivity index (χ3n) is 4.66. The van der Waals surface area contributed by atoms with Crippen LogP contribution in [0.3, 0.4) is 0 Å². The Hall–Kier alpha value is -3.89. The minimum atomic E-state index is -0.162. The van der Waals surface area contributed by atoms with Crippen molar-refractivity contribution in [2.24, 2.45) is 0 Å². The third kappa shape index (κ3) is 3.23. The van der Waals surface area contributed by atoms with Crippen molar-refractivity contribution in [1.29, 1.82) is 5.26 Å². The maximum absolute atomic E-state index is 13.3. The Balaban J connectivity index is 1.60. The van der Waals surface area contributed by atoms with Gasteiger partial charge in [-0.2, -0.15) is 5.26 Å². The second-order valence-corrected chi connectivity index (χ2v) is 7.52. The fourth-order valence-electron chi connectivity index (χ4n) is 3.23. The number of rotatable bonds is 4. The molecule has 0 amide bonds. The monoisotopic (exact) mass is 410 g/mol. The lowest BCUT2D eigenvalue weighted by Crippen LogP contribution is -2.21. The number of para-hydroxylation sites is 3.